The lowest BCUT2D eigenvalue weighted by molar-refractivity contribution is 0.101. The minimum atomic E-state index is 0.426. The zero-order chi connectivity index (χ0) is 14.5. The summed E-state index contributed by atoms with van der Waals surface area (Å²) in [7, 11) is 0. The van der Waals surface area contributed by atoms with E-state index in [9.17, 15) is 0 Å². The van der Waals surface area contributed by atoms with Crippen LogP contribution < -0.4 is 5.32 Å². The molecule has 0 aliphatic carbocycles. The van der Waals surface area contributed by atoms with Crippen LogP contribution in [0.15, 0.2) is 0 Å². The molecule has 19 heavy (non-hydrogen) atoms. The lowest BCUT2D eigenvalue weighted by Gasteiger charge is -2.40. The van der Waals surface area contributed by atoms with E-state index < -0.39 is 0 Å². The molecule has 0 bridgehead atoms. The molecule has 0 aromatic rings. The van der Waals surface area contributed by atoms with Gasteiger partial charge in [0.2, 0.25) is 0 Å². The molecule has 1 atom stereocenters. The van der Waals surface area contributed by atoms with Crippen LogP contribution in [0.2, 0.25) is 0 Å². The van der Waals surface area contributed by atoms with Crippen LogP contribution in [0.25, 0.3) is 0 Å². The van der Waals surface area contributed by atoms with Gasteiger partial charge in [-0.2, -0.15) is 0 Å². The molecule has 1 fully saturated rings. The van der Waals surface area contributed by atoms with Crippen LogP contribution in [-0.2, 0) is 0 Å². The van der Waals surface area contributed by atoms with E-state index in [4.69, 9.17) is 0 Å². The van der Waals surface area contributed by atoms with Gasteiger partial charge in [-0.05, 0) is 49.6 Å². The quantitative estimate of drug-likeness (QED) is 0.756. The van der Waals surface area contributed by atoms with Gasteiger partial charge in [0.05, 0.1) is 0 Å². The molecule has 1 aliphatic heterocycles. The van der Waals surface area contributed by atoms with Crippen LogP contribution in [0.4, 0.5) is 0 Å². The molecule has 0 aromatic carbocycles. The van der Waals surface area contributed by atoms with Gasteiger partial charge in [0, 0.05) is 19.1 Å². The van der Waals surface area contributed by atoms with E-state index in [1.165, 1.54) is 38.9 Å². The molecule has 114 valence electrons. The van der Waals surface area contributed by atoms with E-state index in [-0.39, 0.29) is 0 Å². The third-order valence-corrected chi connectivity index (χ3v) is 4.97. The van der Waals surface area contributed by atoms with Crippen LogP contribution in [0, 0.1) is 17.3 Å². The highest BCUT2D eigenvalue weighted by atomic mass is 15.1. The van der Waals surface area contributed by atoms with Crippen molar-refractivity contribution in [1.82, 2.24) is 10.2 Å². The summed E-state index contributed by atoms with van der Waals surface area (Å²) >= 11 is 0. The maximum Gasteiger partial charge on any atom is 0.00474 e. The van der Waals surface area contributed by atoms with Crippen molar-refractivity contribution in [2.45, 2.75) is 66.8 Å². The van der Waals surface area contributed by atoms with Crippen LogP contribution >= 0.6 is 0 Å². The molecule has 1 N–H and O–H groups in total. The van der Waals surface area contributed by atoms with E-state index in [0.29, 0.717) is 11.5 Å². The maximum atomic E-state index is 3.63. The first kappa shape index (κ1) is 17.0. The van der Waals surface area contributed by atoms with E-state index in [1.807, 2.05) is 0 Å². The van der Waals surface area contributed by atoms with Crippen LogP contribution in [-0.4, -0.2) is 37.1 Å². The number of nitrogens with zero attached hydrogens (tertiary/aromatic N) is 1. The molecule has 0 aromatic heterocycles. The Kier molecular flexibility index (Phi) is 6.82. The SMILES string of the molecule is CCC(C)(CNC(C)C)CN1CCC(C(C)C)CC1. The number of hydrogen-bond donors (Lipinski definition) is 1. The predicted octanol–water partition coefficient (Wildman–Crippen LogP) is 3.77. The number of hydrogen-bond acceptors (Lipinski definition) is 2. The highest BCUT2D eigenvalue weighted by Gasteiger charge is 2.28. The molecule has 2 nitrogen and oxygen atoms in total. The number of piperidine rings is 1. The van der Waals surface area contributed by atoms with Crippen molar-refractivity contribution in [3.63, 3.8) is 0 Å². The molecule has 2 heteroatoms. The van der Waals surface area contributed by atoms with E-state index in [1.54, 1.807) is 0 Å². The van der Waals surface area contributed by atoms with Crippen LogP contribution in [0.1, 0.15) is 60.8 Å². The summed E-state index contributed by atoms with van der Waals surface area (Å²) in [5.74, 6) is 1.82. The third-order valence-electron chi connectivity index (χ3n) is 4.97. The lowest BCUT2D eigenvalue weighted by Crippen LogP contribution is -2.46. The van der Waals surface area contributed by atoms with Crippen molar-refractivity contribution < 1.29 is 0 Å². The molecule has 1 unspecified atom stereocenters. The molecular formula is C17H36N2. The molecule has 1 rings (SSSR count). The second-order valence-electron chi connectivity index (χ2n) is 7.56. The van der Waals surface area contributed by atoms with Gasteiger partial charge in [-0.15, -0.1) is 0 Å². The normalized spacial score (nSPS) is 22.1. The summed E-state index contributed by atoms with van der Waals surface area (Å²) in [4.78, 5) is 2.70. The Hall–Kier alpha value is -0.0800. The lowest BCUT2D eigenvalue weighted by atomic mass is 9.83. The standard InChI is InChI=1S/C17H36N2/c1-7-17(6,12-18-15(4)5)13-19-10-8-16(9-11-19)14(2)3/h14-16,18H,7-13H2,1-6H3. The predicted molar refractivity (Wildman–Crippen MR) is 85.5 cm³/mol. The Morgan fingerprint density at radius 2 is 1.74 bits per heavy atom. The Labute approximate surface area is 121 Å². The van der Waals surface area contributed by atoms with Crippen LogP contribution in [0.3, 0.4) is 0 Å². The summed E-state index contributed by atoms with van der Waals surface area (Å²) < 4.78 is 0. The minimum Gasteiger partial charge on any atom is -0.314 e. The maximum absolute atomic E-state index is 3.63. The topological polar surface area (TPSA) is 15.3 Å². The van der Waals surface area contributed by atoms with E-state index >= 15 is 0 Å². The van der Waals surface area contributed by atoms with Gasteiger partial charge >= 0.3 is 0 Å². The second kappa shape index (κ2) is 7.64. The van der Waals surface area contributed by atoms with Crippen molar-refractivity contribution in [2.24, 2.45) is 17.3 Å². The monoisotopic (exact) mass is 268 g/mol. The van der Waals surface area contributed by atoms with Crippen molar-refractivity contribution in [3.05, 3.63) is 0 Å². The average molecular weight is 268 g/mol. The zero-order valence-electron chi connectivity index (χ0n) is 14.1. The molecule has 0 saturated carbocycles. The van der Waals surface area contributed by atoms with Gasteiger partial charge in [-0.3, -0.25) is 0 Å². The summed E-state index contributed by atoms with van der Waals surface area (Å²) in [6, 6.07) is 0.595. The van der Waals surface area contributed by atoms with Gasteiger partial charge in [0.25, 0.3) is 0 Å². The van der Waals surface area contributed by atoms with Crippen molar-refractivity contribution >= 4 is 0 Å². The third kappa shape index (κ3) is 5.83. The van der Waals surface area contributed by atoms with Gasteiger partial charge < -0.3 is 10.2 Å². The van der Waals surface area contributed by atoms with Gasteiger partial charge in [0.15, 0.2) is 0 Å². The van der Waals surface area contributed by atoms with Gasteiger partial charge in [-0.1, -0.05) is 41.5 Å². The highest BCUT2D eigenvalue weighted by Crippen LogP contribution is 2.28. The Bertz CT molecular complexity index is 242. The molecule has 1 aliphatic rings. The number of nitrogens with one attached hydrogen (secondary N) is 1. The fourth-order valence-electron chi connectivity index (χ4n) is 3.06. The molecule has 0 radical (unpaired) electrons. The minimum absolute atomic E-state index is 0.426. The molecule has 1 saturated heterocycles. The van der Waals surface area contributed by atoms with Crippen LogP contribution in [0.5, 0.6) is 0 Å². The summed E-state index contributed by atoms with van der Waals surface area (Å²) in [6.07, 6.45) is 4.06. The van der Waals surface area contributed by atoms with E-state index in [2.05, 4.69) is 51.8 Å². The summed E-state index contributed by atoms with van der Waals surface area (Å²) in [6.45, 7) is 19.0. The van der Waals surface area contributed by atoms with Gasteiger partial charge in [0.1, 0.15) is 0 Å². The summed E-state index contributed by atoms with van der Waals surface area (Å²) in [5, 5.41) is 3.63. The number of rotatable bonds is 7. The molecule has 0 amide bonds. The summed E-state index contributed by atoms with van der Waals surface area (Å²) in [5.41, 5.74) is 0.426. The molecule has 0 spiro atoms. The van der Waals surface area contributed by atoms with Crippen molar-refractivity contribution in [2.75, 3.05) is 26.2 Å². The Morgan fingerprint density at radius 1 is 1.16 bits per heavy atom. The highest BCUT2D eigenvalue weighted by molar-refractivity contribution is 4.83. The fourth-order valence-corrected chi connectivity index (χ4v) is 3.06. The first-order valence-electron chi connectivity index (χ1n) is 8.32. The zero-order valence-corrected chi connectivity index (χ0v) is 14.1. The molecular weight excluding hydrogens is 232 g/mol. The fraction of sp³-hybridized carbons (Fsp3) is 1.00. The Balaban J connectivity index is 2.40. The molecule has 1 heterocycles. The second-order valence-corrected chi connectivity index (χ2v) is 7.56. The van der Waals surface area contributed by atoms with E-state index in [0.717, 1.165) is 18.4 Å². The first-order valence-corrected chi connectivity index (χ1v) is 8.32. The smallest absolute Gasteiger partial charge is 0.00474 e. The van der Waals surface area contributed by atoms with Crippen molar-refractivity contribution in [1.29, 1.82) is 0 Å². The number of likely N-dealkylation sites (tertiary alicyclic amines) is 1. The Morgan fingerprint density at radius 3 is 2.16 bits per heavy atom. The van der Waals surface area contributed by atoms with Crippen molar-refractivity contribution in [3.8, 4) is 0 Å². The average Bonchev–Trinajstić information content (AvgIpc) is 2.37. The first-order chi connectivity index (χ1) is 8.86. The largest absolute Gasteiger partial charge is 0.314 e. The van der Waals surface area contributed by atoms with Gasteiger partial charge in [-0.25, -0.2) is 0 Å².